The molecule has 9 heteroatoms. The number of nitrogens with two attached hydrogens (primary N) is 1. The van der Waals surface area contributed by atoms with E-state index in [0.29, 0.717) is 40.5 Å². The molecule has 0 radical (unpaired) electrons. The summed E-state index contributed by atoms with van der Waals surface area (Å²) in [4.78, 5) is 8.57. The molecule has 2 heterocycles. The maximum atomic E-state index is 9.44. The molecule has 1 aromatic carbocycles. The lowest BCUT2D eigenvalue weighted by molar-refractivity contribution is 0.279. The van der Waals surface area contributed by atoms with E-state index in [1.54, 1.807) is 31.0 Å². The number of nitrogens with zero attached hydrogens (tertiary/aromatic N) is 4. The van der Waals surface area contributed by atoms with Crippen molar-refractivity contribution < 1.29 is 14.6 Å². The first-order valence-corrected chi connectivity index (χ1v) is 9.18. The van der Waals surface area contributed by atoms with Crippen LogP contribution in [0, 0.1) is 0 Å². The van der Waals surface area contributed by atoms with Gasteiger partial charge in [-0.3, -0.25) is 4.68 Å². The summed E-state index contributed by atoms with van der Waals surface area (Å²) in [6.07, 6.45) is 3.92. The van der Waals surface area contributed by atoms with Gasteiger partial charge >= 0.3 is 0 Å². The van der Waals surface area contributed by atoms with E-state index < -0.39 is 0 Å². The van der Waals surface area contributed by atoms with Gasteiger partial charge in [-0.2, -0.15) is 10.1 Å². The molecule has 3 rings (SSSR count). The number of hydrogen-bond acceptors (Lipinski definition) is 8. The van der Waals surface area contributed by atoms with Crippen LogP contribution in [-0.4, -0.2) is 45.6 Å². The number of ether oxygens (including phenoxy) is 2. The van der Waals surface area contributed by atoms with Crippen molar-refractivity contribution in [1.82, 2.24) is 19.7 Å². The van der Waals surface area contributed by atoms with Gasteiger partial charge in [0.05, 0.1) is 39.1 Å². The zero-order valence-electron chi connectivity index (χ0n) is 16.4. The van der Waals surface area contributed by atoms with Gasteiger partial charge in [-0.05, 0) is 24.1 Å². The van der Waals surface area contributed by atoms with Crippen LogP contribution in [0.15, 0.2) is 18.3 Å². The molecule has 0 saturated heterocycles. The van der Waals surface area contributed by atoms with Gasteiger partial charge in [-0.1, -0.05) is 13.3 Å². The fourth-order valence-electron chi connectivity index (χ4n) is 3.01. The summed E-state index contributed by atoms with van der Waals surface area (Å²) in [6.45, 7) is 3.23. The van der Waals surface area contributed by atoms with Crippen LogP contribution in [0.1, 0.15) is 30.9 Å². The van der Waals surface area contributed by atoms with Gasteiger partial charge in [0, 0.05) is 6.54 Å². The molecule has 150 valence electrons. The average Bonchev–Trinajstić information content (AvgIpc) is 3.10. The van der Waals surface area contributed by atoms with Gasteiger partial charge < -0.3 is 25.6 Å². The maximum Gasteiger partial charge on any atom is 0.222 e. The van der Waals surface area contributed by atoms with Gasteiger partial charge in [0.1, 0.15) is 17.0 Å². The Morgan fingerprint density at radius 1 is 1.18 bits per heavy atom. The van der Waals surface area contributed by atoms with E-state index in [1.807, 2.05) is 6.20 Å². The number of fused-ring (bicyclic) bond motifs is 1. The summed E-state index contributed by atoms with van der Waals surface area (Å²) in [7, 11) is 3.17. The first-order valence-electron chi connectivity index (χ1n) is 9.18. The van der Waals surface area contributed by atoms with E-state index >= 15 is 0 Å². The van der Waals surface area contributed by atoms with Crippen molar-refractivity contribution in [1.29, 1.82) is 0 Å². The second kappa shape index (κ2) is 8.75. The molecule has 28 heavy (non-hydrogen) atoms. The molecule has 2 aromatic heterocycles. The number of hydrogen-bond donors (Lipinski definition) is 3. The van der Waals surface area contributed by atoms with Crippen molar-refractivity contribution in [2.75, 3.05) is 31.8 Å². The quantitative estimate of drug-likeness (QED) is 0.479. The number of nitrogen functional groups attached to an aromatic ring is 1. The molecule has 4 N–H and O–H groups in total. The molecular weight excluding hydrogens is 360 g/mol. The molecule has 0 saturated carbocycles. The van der Waals surface area contributed by atoms with E-state index in [2.05, 4.69) is 27.3 Å². The number of rotatable bonds is 9. The van der Waals surface area contributed by atoms with Crippen molar-refractivity contribution in [3.8, 4) is 11.5 Å². The Hall–Kier alpha value is -3.07. The lowest BCUT2D eigenvalue weighted by Gasteiger charge is -2.15. The molecule has 0 bridgehead atoms. The third-order valence-corrected chi connectivity index (χ3v) is 4.42. The number of aromatic nitrogens is 4. The molecule has 3 aromatic rings. The summed E-state index contributed by atoms with van der Waals surface area (Å²) < 4.78 is 12.7. The van der Waals surface area contributed by atoms with Crippen molar-refractivity contribution in [3.05, 3.63) is 29.5 Å². The molecule has 0 atom stereocenters. The minimum absolute atomic E-state index is 0.0969. The van der Waals surface area contributed by atoms with E-state index in [1.165, 1.54) is 0 Å². The van der Waals surface area contributed by atoms with Crippen molar-refractivity contribution >= 4 is 22.8 Å². The Bertz CT molecular complexity index is 931. The van der Waals surface area contributed by atoms with E-state index in [-0.39, 0.29) is 12.6 Å². The third-order valence-electron chi connectivity index (χ3n) is 4.42. The fourth-order valence-corrected chi connectivity index (χ4v) is 3.01. The number of nitrogens with one attached hydrogen (secondary N) is 1. The van der Waals surface area contributed by atoms with Crippen LogP contribution in [0.25, 0.3) is 11.0 Å². The normalized spacial score (nSPS) is 11.0. The van der Waals surface area contributed by atoms with Crippen molar-refractivity contribution in [2.45, 2.75) is 32.9 Å². The highest BCUT2D eigenvalue weighted by molar-refractivity contribution is 5.85. The van der Waals surface area contributed by atoms with Crippen LogP contribution in [0.5, 0.6) is 11.5 Å². The second-order valence-corrected chi connectivity index (χ2v) is 6.41. The van der Waals surface area contributed by atoms with Crippen LogP contribution in [-0.2, 0) is 13.2 Å². The summed E-state index contributed by atoms with van der Waals surface area (Å²) in [5, 5.41) is 17.4. The van der Waals surface area contributed by atoms with Crippen molar-refractivity contribution in [2.24, 2.45) is 0 Å². The Morgan fingerprint density at radius 2 is 1.89 bits per heavy atom. The van der Waals surface area contributed by atoms with Gasteiger partial charge in [0.15, 0.2) is 11.3 Å². The molecule has 0 unspecified atom stereocenters. The Labute approximate surface area is 163 Å². The van der Waals surface area contributed by atoms with Gasteiger partial charge in [-0.15, -0.1) is 0 Å². The molecule has 0 aliphatic carbocycles. The summed E-state index contributed by atoms with van der Waals surface area (Å²) >= 11 is 0. The molecule has 0 aliphatic heterocycles. The lowest BCUT2D eigenvalue weighted by Crippen LogP contribution is -2.07. The number of anilines is 2. The molecule has 0 spiro atoms. The summed E-state index contributed by atoms with van der Waals surface area (Å²) in [6, 6.07) is 3.58. The van der Waals surface area contributed by atoms with Crippen molar-refractivity contribution in [3.63, 3.8) is 0 Å². The topological polar surface area (TPSA) is 120 Å². The molecule has 0 fully saturated rings. The Kier molecular flexibility index (Phi) is 6.15. The first-order chi connectivity index (χ1) is 13.6. The van der Waals surface area contributed by atoms with Crippen LogP contribution in [0.4, 0.5) is 11.8 Å². The van der Waals surface area contributed by atoms with Crippen LogP contribution < -0.4 is 20.5 Å². The molecule has 0 amide bonds. The lowest BCUT2D eigenvalue weighted by atomic mass is 10.1. The van der Waals surface area contributed by atoms with Gasteiger partial charge in [0.2, 0.25) is 5.95 Å². The zero-order chi connectivity index (χ0) is 20.1. The first kappa shape index (κ1) is 19.7. The summed E-state index contributed by atoms with van der Waals surface area (Å²) in [5.41, 5.74) is 8.70. The van der Waals surface area contributed by atoms with Crippen LogP contribution in [0.2, 0.25) is 0 Å². The van der Waals surface area contributed by atoms with E-state index in [4.69, 9.17) is 15.2 Å². The molecule has 9 nitrogen and oxygen atoms in total. The minimum atomic E-state index is -0.0969. The molecule has 0 aliphatic rings. The monoisotopic (exact) mass is 386 g/mol. The minimum Gasteiger partial charge on any atom is -0.496 e. The van der Waals surface area contributed by atoms with Crippen LogP contribution in [0.3, 0.4) is 0 Å². The second-order valence-electron chi connectivity index (χ2n) is 6.41. The third kappa shape index (κ3) is 4.09. The highest BCUT2D eigenvalue weighted by Gasteiger charge is 2.16. The smallest absolute Gasteiger partial charge is 0.222 e. The highest BCUT2D eigenvalue weighted by atomic mass is 16.5. The maximum absolute atomic E-state index is 9.44. The number of aliphatic hydroxyl groups excluding tert-OH is 1. The molecular formula is C19H26N6O3. The average molecular weight is 386 g/mol. The summed E-state index contributed by atoms with van der Waals surface area (Å²) in [5.74, 6) is 2.07. The number of methoxy groups -OCH3 is 2. The zero-order valence-corrected chi connectivity index (χ0v) is 16.4. The Morgan fingerprint density at radius 3 is 2.50 bits per heavy atom. The number of aliphatic hydroxyl groups is 1. The Balaban J connectivity index is 1.98. The number of unbranched alkanes of at least 4 members (excludes halogenated alkanes) is 1. The highest BCUT2D eigenvalue weighted by Crippen LogP contribution is 2.32. The SMILES string of the molecule is CCCCNc1nc(N)nc2cn(Cc3c(OC)cc(CO)cc3OC)nc12. The van der Waals surface area contributed by atoms with E-state index in [9.17, 15) is 5.11 Å². The predicted octanol–water partition coefficient (Wildman–Crippen LogP) is 2.18. The van der Waals surface area contributed by atoms with Crippen LogP contribution >= 0.6 is 0 Å². The van der Waals surface area contributed by atoms with Gasteiger partial charge in [0.25, 0.3) is 0 Å². The van der Waals surface area contributed by atoms with Gasteiger partial charge in [-0.25, -0.2) is 4.98 Å². The van der Waals surface area contributed by atoms with E-state index in [0.717, 1.165) is 24.9 Å². The predicted molar refractivity (Wildman–Crippen MR) is 108 cm³/mol. The largest absolute Gasteiger partial charge is 0.496 e. The fraction of sp³-hybridized carbons (Fsp3) is 0.421. The standard InChI is InChI=1S/C19H26N6O3/c1-4-5-6-21-18-17-14(22-19(20)23-18)10-25(24-17)9-13-15(27-2)7-12(11-26)8-16(13)28-3/h7-8,10,26H,4-6,9,11H2,1-3H3,(H3,20,21,22,23). The number of benzene rings is 1.